The van der Waals surface area contributed by atoms with Crippen LogP contribution in [-0.4, -0.2) is 39.4 Å². The second-order valence-corrected chi connectivity index (χ2v) is 6.35. The van der Waals surface area contributed by atoms with E-state index in [0.29, 0.717) is 36.7 Å². The van der Waals surface area contributed by atoms with Gasteiger partial charge in [0.1, 0.15) is 5.75 Å². The normalized spacial score (nSPS) is 11.1. The number of aryl methyl sites for hydroxylation is 2. The molecular weight excluding hydrogens is 334 g/mol. The van der Waals surface area contributed by atoms with E-state index in [0.717, 1.165) is 10.3 Å². The van der Waals surface area contributed by atoms with E-state index in [9.17, 15) is 9.59 Å². The maximum atomic E-state index is 12.7. The number of hydrogen-bond donors (Lipinski definition) is 0. The standard InChI is InChI=1S/C18H23N5O3/c1-20(2)17-19-15-14(16(24)22(4)18(25)21(15)3)23(17)11-8-12-26-13-9-6-5-7-10-13/h5-7,9-10H,8,11-12H2,1-4H3. The van der Waals surface area contributed by atoms with Crippen LogP contribution in [0.1, 0.15) is 6.42 Å². The molecule has 2 aromatic heterocycles. The predicted octanol–water partition coefficient (Wildman–Crippen LogP) is 0.969. The van der Waals surface area contributed by atoms with Crippen LogP contribution >= 0.6 is 0 Å². The third kappa shape index (κ3) is 3.10. The summed E-state index contributed by atoms with van der Waals surface area (Å²) in [5.41, 5.74) is 0.0985. The summed E-state index contributed by atoms with van der Waals surface area (Å²) in [6, 6.07) is 9.60. The van der Waals surface area contributed by atoms with Crippen LogP contribution in [0.25, 0.3) is 11.2 Å². The first-order chi connectivity index (χ1) is 12.4. The van der Waals surface area contributed by atoms with Crippen molar-refractivity contribution in [2.75, 3.05) is 25.6 Å². The molecule has 8 nitrogen and oxygen atoms in total. The molecule has 0 aliphatic rings. The molecule has 0 aliphatic heterocycles. The molecule has 0 atom stereocenters. The number of para-hydroxylation sites is 1. The first kappa shape index (κ1) is 17.8. The largest absolute Gasteiger partial charge is 0.494 e. The van der Waals surface area contributed by atoms with Crippen molar-refractivity contribution < 1.29 is 4.74 Å². The fraction of sp³-hybridized carbons (Fsp3) is 0.389. The number of benzene rings is 1. The van der Waals surface area contributed by atoms with E-state index in [2.05, 4.69) is 4.98 Å². The molecule has 8 heteroatoms. The van der Waals surface area contributed by atoms with Gasteiger partial charge in [-0.25, -0.2) is 4.79 Å². The van der Waals surface area contributed by atoms with Crippen LogP contribution in [0.15, 0.2) is 39.9 Å². The average Bonchev–Trinajstić information content (AvgIpc) is 3.02. The Morgan fingerprint density at radius 2 is 1.77 bits per heavy atom. The number of aromatic nitrogens is 4. The molecule has 3 aromatic rings. The summed E-state index contributed by atoms with van der Waals surface area (Å²) in [4.78, 5) is 31.1. The lowest BCUT2D eigenvalue weighted by molar-refractivity contribution is 0.302. The highest BCUT2D eigenvalue weighted by Crippen LogP contribution is 2.18. The van der Waals surface area contributed by atoms with Gasteiger partial charge < -0.3 is 14.2 Å². The molecular formula is C18H23N5O3. The van der Waals surface area contributed by atoms with Crippen LogP contribution in [-0.2, 0) is 20.6 Å². The number of imidazole rings is 1. The predicted molar refractivity (Wildman–Crippen MR) is 101 cm³/mol. The highest BCUT2D eigenvalue weighted by molar-refractivity contribution is 5.74. The lowest BCUT2D eigenvalue weighted by Crippen LogP contribution is -2.37. The van der Waals surface area contributed by atoms with Crippen LogP contribution in [0.4, 0.5) is 5.95 Å². The van der Waals surface area contributed by atoms with Crippen molar-refractivity contribution in [3.8, 4) is 5.75 Å². The van der Waals surface area contributed by atoms with E-state index in [1.165, 1.54) is 11.6 Å². The Kier molecular flexibility index (Phi) is 4.83. The Hall–Kier alpha value is -3.03. The molecule has 0 unspecified atom stereocenters. The second kappa shape index (κ2) is 7.07. The van der Waals surface area contributed by atoms with E-state index in [1.54, 1.807) is 7.05 Å². The molecule has 26 heavy (non-hydrogen) atoms. The first-order valence-electron chi connectivity index (χ1n) is 8.43. The first-order valence-corrected chi connectivity index (χ1v) is 8.43. The Balaban J connectivity index is 1.92. The van der Waals surface area contributed by atoms with Crippen molar-refractivity contribution >= 4 is 17.1 Å². The van der Waals surface area contributed by atoms with Gasteiger partial charge >= 0.3 is 5.69 Å². The summed E-state index contributed by atoms with van der Waals surface area (Å²) in [6.07, 6.45) is 0.702. The average molecular weight is 357 g/mol. The minimum Gasteiger partial charge on any atom is -0.494 e. The quantitative estimate of drug-likeness (QED) is 0.615. The third-order valence-corrected chi connectivity index (χ3v) is 4.27. The van der Waals surface area contributed by atoms with E-state index < -0.39 is 0 Å². The molecule has 0 radical (unpaired) electrons. The molecule has 0 bridgehead atoms. The van der Waals surface area contributed by atoms with Crippen molar-refractivity contribution in [2.24, 2.45) is 14.1 Å². The van der Waals surface area contributed by atoms with E-state index in [1.807, 2.05) is 53.9 Å². The van der Waals surface area contributed by atoms with Crippen LogP contribution in [0.5, 0.6) is 5.75 Å². The third-order valence-electron chi connectivity index (χ3n) is 4.27. The zero-order valence-corrected chi connectivity index (χ0v) is 15.5. The lowest BCUT2D eigenvalue weighted by atomic mass is 10.3. The van der Waals surface area contributed by atoms with Gasteiger partial charge in [0.2, 0.25) is 5.95 Å². The van der Waals surface area contributed by atoms with Crippen molar-refractivity contribution in [1.29, 1.82) is 0 Å². The van der Waals surface area contributed by atoms with Crippen molar-refractivity contribution in [3.63, 3.8) is 0 Å². The van der Waals surface area contributed by atoms with Gasteiger partial charge in [0.05, 0.1) is 6.61 Å². The number of ether oxygens (including phenoxy) is 1. The Bertz CT molecular complexity index is 1030. The van der Waals surface area contributed by atoms with Crippen LogP contribution < -0.4 is 20.9 Å². The maximum absolute atomic E-state index is 12.7. The fourth-order valence-corrected chi connectivity index (χ4v) is 2.92. The van der Waals surface area contributed by atoms with Gasteiger partial charge in [-0.2, -0.15) is 4.98 Å². The van der Waals surface area contributed by atoms with Gasteiger partial charge in [-0.05, 0) is 18.6 Å². The molecule has 138 valence electrons. The number of rotatable bonds is 6. The number of anilines is 1. The molecule has 3 rings (SSSR count). The number of nitrogens with zero attached hydrogens (tertiary/aromatic N) is 5. The summed E-state index contributed by atoms with van der Waals surface area (Å²) in [5, 5.41) is 0. The summed E-state index contributed by atoms with van der Waals surface area (Å²) in [6.45, 7) is 1.08. The molecule has 2 heterocycles. The highest BCUT2D eigenvalue weighted by atomic mass is 16.5. The maximum Gasteiger partial charge on any atom is 0.332 e. The van der Waals surface area contributed by atoms with Gasteiger partial charge in [-0.1, -0.05) is 18.2 Å². The smallest absolute Gasteiger partial charge is 0.332 e. The Labute approximate surface area is 150 Å². The number of fused-ring (bicyclic) bond motifs is 1. The monoisotopic (exact) mass is 357 g/mol. The summed E-state index contributed by atoms with van der Waals surface area (Å²) in [5.74, 6) is 1.45. The Morgan fingerprint density at radius 3 is 2.42 bits per heavy atom. The lowest BCUT2D eigenvalue weighted by Gasteiger charge is -2.15. The molecule has 0 aliphatic carbocycles. The van der Waals surface area contributed by atoms with E-state index in [-0.39, 0.29) is 11.2 Å². The highest BCUT2D eigenvalue weighted by Gasteiger charge is 2.19. The molecule has 1 aromatic carbocycles. The topological polar surface area (TPSA) is 74.3 Å². The van der Waals surface area contributed by atoms with Gasteiger partial charge in [0, 0.05) is 34.7 Å². The zero-order chi connectivity index (χ0) is 18.8. The van der Waals surface area contributed by atoms with Crippen molar-refractivity contribution in [2.45, 2.75) is 13.0 Å². The summed E-state index contributed by atoms with van der Waals surface area (Å²) >= 11 is 0. The van der Waals surface area contributed by atoms with Crippen molar-refractivity contribution in [1.82, 2.24) is 18.7 Å². The minimum absolute atomic E-state index is 0.340. The van der Waals surface area contributed by atoms with Crippen molar-refractivity contribution in [3.05, 3.63) is 51.2 Å². The van der Waals surface area contributed by atoms with E-state index >= 15 is 0 Å². The van der Waals surface area contributed by atoms with Gasteiger partial charge in [-0.3, -0.25) is 13.9 Å². The molecule has 0 saturated carbocycles. The van der Waals surface area contributed by atoms with Crippen LogP contribution in [0, 0.1) is 0 Å². The molecule has 0 N–H and O–H groups in total. The van der Waals surface area contributed by atoms with Gasteiger partial charge in [-0.15, -0.1) is 0 Å². The molecule has 0 amide bonds. The van der Waals surface area contributed by atoms with Gasteiger partial charge in [0.15, 0.2) is 11.2 Å². The summed E-state index contributed by atoms with van der Waals surface area (Å²) < 4.78 is 10.1. The minimum atomic E-state index is -0.384. The Morgan fingerprint density at radius 1 is 1.08 bits per heavy atom. The van der Waals surface area contributed by atoms with Crippen LogP contribution in [0.3, 0.4) is 0 Å². The van der Waals surface area contributed by atoms with Gasteiger partial charge in [0.25, 0.3) is 5.56 Å². The van der Waals surface area contributed by atoms with E-state index in [4.69, 9.17) is 4.74 Å². The fourth-order valence-electron chi connectivity index (χ4n) is 2.92. The van der Waals surface area contributed by atoms with Crippen LogP contribution in [0.2, 0.25) is 0 Å². The molecule has 0 saturated heterocycles. The molecule has 0 fully saturated rings. The zero-order valence-electron chi connectivity index (χ0n) is 15.5. The number of hydrogen-bond acceptors (Lipinski definition) is 5. The SMILES string of the molecule is CN(C)c1nc2c(c(=O)n(C)c(=O)n2C)n1CCCOc1ccccc1. The summed E-state index contributed by atoms with van der Waals surface area (Å²) in [7, 11) is 6.83. The second-order valence-electron chi connectivity index (χ2n) is 6.35. The molecule has 0 spiro atoms.